The summed E-state index contributed by atoms with van der Waals surface area (Å²) in [6.45, 7) is 4.05. The summed E-state index contributed by atoms with van der Waals surface area (Å²) in [5.74, 6) is 1.01. The van der Waals surface area contributed by atoms with Gasteiger partial charge in [-0.05, 0) is 75.9 Å². The third-order valence-electron chi connectivity index (χ3n) is 5.31. The molecule has 2 aliphatic rings. The zero-order valence-corrected chi connectivity index (χ0v) is 15.2. The third kappa shape index (κ3) is 6.01. The third-order valence-corrected chi connectivity index (χ3v) is 5.31. The van der Waals surface area contributed by atoms with E-state index in [1.54, 1.807) is 0 Å². The predicted octanol–water partition coefficient (Wildman–Crippen LogP) is 2.85. The van der Waals surface area contributed by atoms with Crippen molar-refractivity contribution >= 4 is 5.97 Å². The number of ether oxygens (including phenoxy) is 1. The summed E-state index contributed by atoms with van der Waals surface area (Å²) in [6.07, 6.45) is 5.86. The second-order valence-corrected chi connectivity index (χ2v) is 7.57. The van der Waals surface area contributed by atoms with Gasteiger partial charge in [-0.2, -0.15) is 0 Å². The molecule has 1 aliphatic heterocycles. The first-order chi connectivity index (χ1) is 12.1. The summed E-state index contributed by atoms with van der Waals surface area (Å²) in [6, 6.07) is 8.87. The molecule has 1 aromatic carbocycles. The highest BCUT2D eigenvalue weighted by Gasteiger charge is 2.22. The molecule has 0 aromatic heterocycles. The largest absolute Gasteiger partial charge is 0.493 e. The van der Waals surface area contributed by atoms with Crippen LogP contribution in [0.3, 0.4) is 0 Å². The predicted molar refractivity (Wildman–Crippen MR) is 97.8 cm³/mol. The number of hydrogen-bond donors (Lipinski definition) is 1. The molecule has 0 spiro atoms. The summed E-state index contributed by atoms with van der Waals surface area (Å²) in [4.78, 5) is 15.4. The summed E-state index contributed by atoms with van der Waals surface area (Å²) in [7, 11) is 1.93. The van der Waals surface area contributed by atoms with Crippen molar-refractivity contribution in [2.75, 3.05) is 33.3 Å². The van der Waals surface area contributed by atoms with E-state index in [0.29, 0.717) is 6.04 Å². The molecule has 0 amide bonds. The van der Waals surface area contributed by atoms with Crippen molar-refractivity contribution in [3.63, 3.8) is 0 Å². The van der Waals surface area contributed by atoms with Crippen LogP contribution < -0.4 is 4.74 Å². The number of likely N-dealkylation sites (N-methyl/N-ethyl adjacent to an activating group) is 1. The molecule has 5 nitrogen and oxygen atoms in total. The average molecular weight is 346 g/mol. The number of rotatable bonds is 8. The van der Waals surface area contributed by atoms with Gasteiger partial charge in [-0.1, -0.05) is 12.1 Å². The van der Waals surface area contributed by atoms with Crippen LogP contribution in [-0.2, 0) is 11.3 Å². The Morgan fingerprint density at radius 1 is 1.20 bits per heavy atom. The lowest BCUT2D eigenvalue weighted by Crippen LogP contribution is -2.36. The molecular formula is C20H30N2O3. The minimum atomic E-state index is -0.743. The van der Waals surface area contributed by atoms with Gasteiger partial charge < -0.3 is 9.84 Å². The monoisotopic (exact) mass is 346 g/mol. The summed E-state index contributed by atoms with van der Waals surface area (Å²) >= 11 is 0. The summed E-state index contributed by atoms with van der Waals surface area (Å²) in [5, 5.41) is 8.96. The van der Waals surface area contributed by atoms with Crippen molar-refractivity contribution in [1.29, 1.82) is 0 Å². The smallest absolute Gasteiger partial charge is 0.317 e. The SMILES string of the molecule is CN(CC(=O)O)C1CCCN(Cc2ccc(OCC3CC3)cc2)CC1. The lowest BCUT2D eigenvalue weighted by Gasteiger charge is -2.25. The second-order valence-electron chi connectivity index (χ2n) is 7.57. The van der Waals surface area contributed by atoms with Gasteiger partial charge in [0.05, 0.1) is 13.2 Å². The zero-order chi connectivity index (χ0) is 17.6. The standard InChI is InChI=1S/C20H30N2O3/c1-21(14-20(23)24)18-3-2-11-22(12-10-18)13-16-6-8-19(9-7-16)25-15-17-4-5-17/h6-9,17-18H,2-5,10-15H2,1H3,(H,23,24). The molecular weight excluding hydrogens is 316 g/mol. The number of carboxylic acids is 1. The number of hydrogen-bond acceptors (Lipinski definition) is 4. The molecule has 138 valence electrons. The summed E-state index contributed by atoms with van der Waals surface area (Å²) in [5.41, 5.74) is 1.32. The summed E-state index contributed by atoms with van der Waals surface area (Å²) < 4.78 is 5.80. The Morgan fingerprint density at radius 3 is 2.64 bits per heavy atom. The molecule has 1 unspecified atom stereocenters. The van der Waals surface area contributed by atoms with E-state index in [9.17, 15) is 4.79 Å². The molecule has 5 heteroatoms. The minimum absolute atomic E-state index is 0.132. The molecule has 25 heavy (non-hydrogen) atoms. The van der Waals surface area contributed by atoms with Gasteiger partial charge in [-0.25, -0.2) is 0 Å². The van der Waals surface area contributed by atoms with Crippen molar-refractivity contribution in [2.45, 2.75) is 44.7 Å². The normalized spacial score (nSPS) is 21.9. The first-order valence-corrected chi connectivity index (χ1v) is 9.46. The Bertz CT molecular complexity index is 557. The van der Waals surface area contributed by atoms with Gasteiger partial charge >= 0.3 is 5.97 Å². The van der Waals surface area contributed by atoms with Gasteiger partial charge in [-0.3, -0.25) is 14.6 Å². The average Bonchev–Trinajstić information content (AvgIpc) is 3.41. The maximum atomic E-state index is 10.9. The molecule has 0 bridgehead atoms. The van der Waals surface area contributed by atoms with Gasteiger partial charge in [0.2, 0.25) is 0 Å². The molecule has 1 atom stereocenters. The Kier molecular flexibility index (Phi) is 6.32. The highest BCUT2D eigenvalue weighted by molar-refractivity contribution is 5.69. The number of likely N-dealkylation sites (tertiary alicyclic amines) is 1. The number of benzene rings is 1. The van der Waals surface area contributed by atoms with E-state index >= 15 is 0 Å². The molecule has 1 aromatic rings. The van der Waals surface area contributed by atoms with Gasteiger partial charge in [0.15, 0.2) is 0 Å². The maximum Gasteiger partial charge on any atom is 0.317 e. The van der Waals surface area contributed by atoms with E-state index < -0.39 is 5.97 Å². The van der Waals surface area contributed by atoms with Crippen LogP contribution in [0.1, 0.15) is 37.7 Å². The Hall–Kier alpha value is -1.59. The van der Waals surface area contributed by atoms with E-state index in [4.69, 9.17) is 9.84 Å². The first-order valence-electron chi connectivity index (χ1n) is 9.46. The topological polar surface area (TPSA) is 53.0 Å². The lowest BCUT2D eigenvalue weighted by atomic mass is 10.1. The van der Waals surface area contributed by atoms with Crippen LogP contribution in [-0.4, -0.2) is 60.2 Å². The number of carbonyl (C=O) groups is 1. The van der Waals surface area contributed by atoms with Crippen LogP contribution >= 0.6 is 0 Å². The molecule has 1 N–H and O–H groups in total. The Morgan fingerprint density at radius 2 is 1.96 bits per heavy atom. The highest BCUT2D eigenvalue weighted by Crippen LogP contribution is 2.29. The van der Waals surface area contributed by atoms with Crippen molar-refractivity contribution < 1.29 is 14.6 Å². The fourth-order valence-corrected chi connectivity index (χ4v) is 3.53. The van der Waals surface area contributed by atoms with Crippen molar-refractivity contribution in [3.05, 3.63) is 29.8 Å². The number of aliphatic carboxylic acids is 1. The van der Waals surface area contributed by atoms with Crippen LogP contribution in [0, 0.1) is 5.92 Å². The van der Waals surface area contributed by atoms with Crippen molar-refractivity contribution in [3.8, 4) is 5.75 Å². The van der Waals surface area contributed by atoms with Gasteiger partial charge in [-0.15, -0.1) is 0 Å². The lowest BCUT2D eigenvalue weighted by molar-refractivity contribution is -0.138. The highest BCUT2D eigenvalue weighted by atomic mass is 16.5. The van der Waals surface area contributed by atoms with Crippen molar-refractivity contribution in [1.82, 2.24) is 9.80 Å². The number of carboxylic acid groups (broad SMARTS) is 1. The fourth-order valence-electron chi connectivity index (χ4n) is 3.53. The quantitative estimate of drug-likeness (QED) is 0.784. The van der Waals surface area contributed by atoms with E-state index in [2.05, 4.69) is 29.2 Å². The van der Waals surface area contributed by atoms with Crippen LogP contribution in [0.25, 0.3) is 0 Å². The van der Waals surface area contributed by atoms with Crippen LogP contribution in [0.15, 0.2) is 24.3 Å². The van der Waals surface area contributed by atoms with Crippen LogP contribution in [0.2, 0.25) is 0 Å². The fraction of sp³-hybridized carbons (Fsp3) is 0.650. The van der Waals surface area contributed by atoms with E-state index in [1.807, 2.05) is 11.9 Å². The van der Waals surface area contributed by atoms with Gasteiger partial charge in [0.25, 0.3) is 0 Å². The zero-order valence-electron chi connectivity index (χ0n) is 15.2. The Labute approximate surface area is 150 Å². The molecule has 1 heterocycles. The molecule has 1 saturated carbocycles. The first kappa shape index (κ1) is 18.2. The molecule has 0 radical (unpaired) electrons. The maximum absolute atomic E-state index is 10.9. The van der Waals surface area contributed by atoms with E-state index in [0.717, 1.165) is 57.2 Å². The van der Waals surface area contributed by atoms with E-state index in [1.165, 1.54) is 18.4 Å². The second kappa shape index (κ2) is 8.68. The molecule has 1 aliphatic carbocycles. The molecule has 1 saturated heterocycles. The van der Waals surface area contributed by atoms with Gasteiger partial charge in [0, 0.05) is 12.6 Å². The molecule has 2 fully saturated rings. The minimum Gasteiger partial charge on any atom is -0.493 e. The van der Waals surface area contributed by atoms with Gasteiger partial charge in [0.1, 0.15) is 5.75 Å². The van der Waals surface area contributed by atoms with Crippen molar-refractivity contribution in [2.24, 2.45) is 5.92 Å². The molecule has 3 rings (SSSR count). The van der Waals surface area contributed by atoms with Crippen LogP contribution in [0.4, 0.5) is 0 Å². The Balaban J connectivity index is 1.45. The van der Waals surface area contributed by atoms with Crippen LogP contribution in [0.5, 0.6) is 5.75 Å². The van der Waals surface area contributed by atoms with E-state index in [-0.39, 0.29) is 6.54 Å². The number of nitrogens with zero attached hydrogens (tertiary/aromatic N) is 2.